The molecule has 0 aliphatic carbocycles. The number of rotatable bonds is 6. The first kappa shape index (κ1) is 19.7. The minimum absolute atomic E-state index is 0.169. The molecule has 0 atom stereocenters. The first-order valence-electron chi connectivity index (χ1n) is 7.23. The van der Waals surface area contributed by atoms with Crippen molar-refractivity contribution in [3.8, 4) is 22.1 Å². The van der Waals surface area contributed by atoms with Gasteiger partial charge in [-0.25, -0.2) is 18.1 Å². The lowest BCUT2D eigenvalue weighted by molar-refractivity contribution is 0.286. The normalized spacial score (nSPS) is 12.1. The zero-order valence-corrected chi connectivity index (χ0v) is 15.8. The van der Waals surface area contributed by atoms with Gasteiger partial charge in [-0.3, -0.25) is 0 Å². The van der Waals surface area contributed by atoms with Crippen molar-refractivity contribution in [1.29, 1.82) is 0 Å². The van der Waals surface area contributed by atoms with Crippen molar-refractivity contribution in [1.82, 2.24) is 9.71 Å². The van der Waals surface area contributed by atoms with Gasteiger partial charge in [0.25, 0.3) is 10.0 Å². The van der Waals surface area contributed by atoms with Gasteiger partial charge >= 0.3 is 7.32 Å². The van der Waals surface area contributed by atoms with Crippen molar-refractivity contribution in [2.75, 3.05) is 7.11 Å². The maximum absolute atomic E-state index is 12.7. The van der Waals surface area contributed by atoms with Crippen LogP contribution in [-0.2, 0) is 10.0 Å². The van der Waals surface area contributed by atoms with E-state index in [0.29, 0.717) is 16.3 Å². The third-order valence-corrected chi connectivity index (χ3v) is 6.24. The van der Waals surface area contributed by atoms with Gasteiger partial charge in [0.1, 0.15) is 5.75 Å². The number of aromatic nitrogens is 1. The molecule has 3 N–H and O–H groups in total. The van der Waals surface area contributed by atoms with E-state index in [1.54, 1.807) is 39.1 Å². The number of nitrogens with one attached hydrogen (secondary N) is 1. The van der Waals surface area contributed by atoms with Gasteiger partial charge < -0.3 is 19.4 Å². The lowest BCUT2D eigenvalue weighted by Crippen LogP contribution is -2.40. The monoisotopic (exact) mass is 386 g/mol. The molecular formula is C14H19BN2O6S2. The highest BCUT2D eigenvalue weighted by atomic mass is 32.2. The average Bonchev–Trinajstić information content (AvgIpc) is 2.88. The Labute approximate surface area is 150 Å². The minimum Gasteiger partial charge on any atom is -0.510 e. The van der Waals surface area contributed by atoms with Gasteiger partial charge in [0.2, 0.25) is 5.88 Å². The van der Waals surface area contributed by atoms with Gasteiger partial charge in [0.05, 0.1) is 12.7 Å². The summed E-state index contributed by atoms with van der Waals surface area (Å²) in [5.41, 5.74) is -0.158. The molecule has 0 aromatic carbocycles. The van der Waals surface area contributed by atoms with Crippen LogP contribution in [0.4, 0.5) is 0 Å². The largest absolute Gasteiger partial charge is 0.707 e. The Balaban J connectivity index is 2.58. The molecule has 11 heteroatoms. The number of hydrogen-bond acceptors (Lipinski definition) is 8. The van der Waals surface area contributed by atoms with Crippen LogP contribution in [0.2, 0.25) is 0 Å². The van der Waals surface area contributed by atoms with Crippen molar-refractivity contribution in [2.24, 2.45) is 0 Å². The molecule has 2 aromatic rings. The third kappa shape index (κ3) is 4.92. The second-order valence-electron chi connectivity index (χ2n) is 6.12. The van der Waals surface area contributed by atoms with E-state index in [9.17, 15) is 8.42 Å². The fraction of sp³-hybridized carbons (Fsp3) is 0.357. The SMILES string of the molecule is COc1ncccc1-c1cc(OB(O)O)c(S(=O)(=O)NC(C)(C)C)s1. The van der Waals surface area contributed by atoms with Crippen LogP contribution in [0.25, 0.3) is 10.4 Å². The summed E-state index contributed by atoms with van der Waals surface area (Å²) in [6.45, 7) is 5.10. The molecule has 0 amide bonds. The molecule has 136 valence electrons. The van der Waals surface area contributed by atoms with Crippen LogP contribution in [0, 0.1) is 0 Å². The topological polar surface area (TPSA) is 118 Å². The Hall–Kier alpha value is -1.66. The van der Waals surface area contributed by atoms with Crippen molar-refractivity contribution in [3.63, 3.8) is 0 Å². The van der Waals surface area contributed by atoms with Crippen LogP contribution in [0.3, 0.4) is 0 Å². The molecule has 8 nitrogen and oxygen atoms in total. The zero-order valence-electron chi connectivity index (χ0n) is 14.2. The summed E-state index contributed by atoms with van der Waals surface area (Å²) in [6, 6.07) is 4.80. The summed E-state index contributed by atoms with van der Waals surface area (Å²) in [5.74, 6) is 0.144. The van der Waals surface area contributed by atoms with E-state index in [-0.39, 0.29) is 9.96 Å². The van der Waals surface area contributed by atoms with E-state index in [1.165, 1.54) is 13.2 Å². The standard InChI is InChI=1S/C14H19BN2O6S2/c1-14(2,3)17-25(20,21)13-10(23-15(18)19)8-11(24-13)9-6-5-7-16-12(9)22-4/h5-8,17-19H,1-4H3. The highest BCUT2D eigenvalue weighted by Crippen LogP contribution is 2.42. The van der Waals surface area contributed by atoms with E-state index in [2.05, 4.69) is 9.71 Å². The number of hydrogen-bond donors (Lipinski definition) is 3. The van der Waals surface area contributed by atoms with Gasteiger partial charge in [-0.2, -0.15) is 0 Å². The summed E-state index contributed by atoms with van der Waals surface area (Å²) < 4.78 is 37.7. The fourth-order valence-corrected chi connectivity index (χ4v) is 5.01. The lowest BCUT2D eigenvalue weighted by Gasteiger charge is -2.20. The first-order valence-corrected chi connectivity index (χ1v) is 9.53. The smallest absolute Gasteiger partial charge is 0.510 e. The van der Waals surface area contributed by atoms with Crippen LogP contribution < -0.4 is 14.1 Å². The van der Waals surface area contributed by atoms with Gasteiger partial charge in [-0.05, 0) is 39.0 Å². The van der Waals surface area contributed by atoms with Crippen molar-refractivity contribution in [3.05, 3.63) is 24.4 Å². The molecule has 0 saturated heterocycles. The molecule has 0 aliphatic heterocycles. The zero-order chi connectivity index (χ0) is 18.8. The van der Waals surface area contributed by atoms with E-state index < -0.39 is 22.9 Å². The fourth-order valence-electron chi connectivity index (χ4n) is 2.06. The lowest BCUT2D eigenvalue weighted by atomic mass is 10.1. The molecule has 0 bridgehead atoms. The Morgan fingerprint density at radius 1 is 1.32 bits per heavy atom. The quantitative estimate of drug-likeness (QED) is 0.640. The summed E-state index contributed by atoms with van der Waals surface area (Å²) in [7, 11) is -4.64. The highest BCUT2D eigenvalue weighted by molar-refractivity contribution is 7.91. The maximum Gasteiger partial charge on any atom is 0.707 e. The summed E-state index contributed by atoms with van der Waals surface area (Å²) >= 11 is 0.914. The van der Waals surface area contributed by atoms with Crippen LogP contribution >= 0.6 is 11.3 Å². The number of thiophene rings is 1. The van der Waals surface area contributed by atoms with E-state index in [1.807, 2.05) is 0 Å². The first-order chi connectivity index (χ1) is 11.5. The molecule has 0 saturated carbocycles. The molecule has 2 aromatic heterocycles. The van der Waals surface area contributed by atoms with Crippen LogP contribution in [0.1, 0.15) is 20.8 Å². The predicted molar refractivity (Wildman–Crippen MR) is 95.0 cm³/mol. The molecular weight excluding hydrogens is 367 g/mol. The average molecular weight is 386 g/mol. The van der Waals surface area contributed by atoms with Gasteiger partial charge in [0.15, 0.2) is 4.21 Å². The van der Waals surface area contributed by atoms with Crippen molar-refractivity contribution >= 4 is 28.7 Å². The molecule has 0 radical (unpaired) electrons. The number of ether oxygens (including phenoxy) is 1. The summed E-state index contributed by atoms with van der Waals surface area (Å²) in [6.07, 6.45) is 1.55. The van der Waals surface area contributed by atoms with E-state index in [0.717, 1.165) is 11.3 Å². The number of sulfonamides is 1. The Morgan fingerprint density at radius 2 is 2.00 bits per heavy atom. The van der Waals surface area contributed by atoms with Crippen LogP contribution in [0.5, 0.6) is 11.6 Å². The van der Waals surface area contributed by atoms with E-state index >= 15 is 0 Å². The predicted octanol–water partition coefficient (Wildman–Crippen LogP) is 1.24. The molecule has 0 spiro atoms. The number of methoxy groups -OCH3 is 1. The molecule has 2 rings (SSSR count). The maximum atomic E-state index is 12.7. The van der Waals surface area contributed by atoms with Crippen LogP contribution in [-0.4, -0.2) is 43.4 Å². The second-order valence-corrected chi connectivity index (χ2v) is 9.05. The minimum atomic E-state index is -3.94. The summed E-state index contributed by atoms with van der Waals surface area (Å²) in [4.78, 5) is 4.57. The number of pyridine rings is 1. The van der Waals surface area contributed by atoms with Crippen molar-refractivity contribution < 1.29 is 27.9 Å². The van der Waals surface area contributed by atoms with E-state index in [4.69, 9.17) is 19.4 Å². The van der Waals surface area contributed by atoms with Gasteiger partial charge in [-0.15, -0.1) is 11.3 Å². The van der Waals surface area contributed by atoms with Crippen LogP contribution in [0.15, 0.2) is 28.6 Å². The Bertz CT molecular complexity index is 845. The molecule has 0 unspecified atom stereocenters. The second kappa shape index (κ2) is 7.30. The summed E-state index contributed by atoms with van der Waals surface area (Å²) in [5, 5.41) is 18.2. The molecule has 2 heterocycles. The Kier molecular flexibility index (Phi) is 5.74. The van der Waals surface area contributed by atoms with Gasteiger partial charge in [0, 0.05) is 16.6 Å². The number of nitrogens with zero attached hydrogens (tertiary/aromatic N) is 1. The highest BCUT2D eigenvalue weighted by Gasteiger charge is 2.30. The molecule has 0 aliphatic rings. The Morgan fingerprint density at radius 3 is 2.56 bits per heavy atom. The third-order valence-electron chi connectivity index (χ3n) is 2.81. The van der Waals surface area contributed by atoms with Crippen molar-refractivity contribution in [2.45, 2.75) is 30.5 Å². The van der Waals surface area contributed by atoms with Gasteiger partial charge in [-0.1, -0.05) is 0 Å². The molecule has 25 heavy (non-hydrogen) atoms. The molecule has 0 fully saturated rings.